The molecule has 1 unspecified atom stereocenters. The summed E-state index contributed by atoms with van der Waals surface area (Å²) in [5, 5.41) is 8.67. The third-order valence-electron chi connectivity index (χ3n) is 1.29. The Labute approximate surface area is 48.2 Å². The standard InChI is InChI=1S/C4H8O3S/c5-4-2-1-3-8(4,6)7/h4-5H,1-3H2. The summed E-state index contributed by atoms with van der Waals surface area (Å²) >= 11 is 0. The molecular formula is C4H8O3S. The maximum absolute atomic E-state index is 10.5. The van der Waals surface area contributed by atoms with Crippen molar-refractivity contribution >= 4 is 9.84 Å². The van der Waals surface area contributed by atoms with Crippen LogP contribution in [0.15, 0.2) is 0 Å². The number of hydrogen-bond acceptors (Lipinski definition) is 3. The van der Waals surface area contributed by atoms with Gasteiger partial charge in [-0.25, -0.2) is 8.42 Å². The Bertz CT molecular complexity index is 170. The fraction of sp³-hybridized carbons (Fsp3) is 1.00. The van der Waals surface area contributed by atoms with Gasteiger partial charge >= 0.3 is 0 Å². The van der Waals surface area contributed by atoms with Crippen molar-refractivity contribution in [2.45, 2.75) is 18.3 Å². The van der Waals surface area contributed by atoms with E-state index in [2.05, 4.69) is 0 Å². The van der Waals surface area contributed by atoms with E-state index < -0.39 is 15.3 Å². The number of hydrogen-bond donors (Lipinski definition) is 1. The largest absolute Gasteiger partial charge is 0.377 e. The second-order valence-corrected chi connectivity index (χ2v) is 4.24. The lowest BCUT2D eigenvalue weighted by Crippen LogP contribution is -2.13. The van der Waals surface area contributed by atoms with Crippen LogP contribution in [0.4, 0.5) is 0 Å². The van der Waals surface area contributed by atoms with Gasteiger partial charge in [0.1, 0.15) is 0 Å². The summed E-state index contributed by atoms with van der Waals surface area (Å²) in [5.41, 5.74) is -1.07. The molecule has 1 fully saturated rings. The molecule has 0 bridgehead atoms. The van der Waals surface area contributed by atoms with Crippen LogP contribution in [0, 0.1) is 0 Å². The van der Waals surface area contributed by atoms with Crippen LogP contribution >= 0.6 is 0 Å². The molecule has 3 nitrogen and oxygen atoms in total. The Morgan fingerprint density at radius 3 is 2.25 bits per heavy atom. The molecule has 0 aromatic heterocycles. The molecule has 1 heterocycles. The first-order chi connectivity index (χ1) is 3.63. The van der Waals surface area contributed by atoms with Crippen molar-refractivity contribution in [3.8, 4) is 0 Å². The van der Waals surface area contributed by atoms with Gasteiger partial charge in [0.25, 0.3) is 0 Å². The molecule has 0 aliphatic carbocycles. The van der Waals surface area contributed by atoms with Crippen LogP contribution < -0.4 is 0 Å². The minimum atomic E-state index is -3.07. The Balaban J connectivity index is 2.85. The molecule has 0 aromatic carbocycles. The van der Waals surface area contributed by atoms with Gasteiger partial charge in [-0.05, 0) is 12.8 Å². The summed E-state index contributed by atoms with van der Waals surface area (Å²) in [6, 6.07) is 0. The van der Waals surface area contributed by atoms with Gasteiger partial charge in [-0.2, -0.15) is 0 Å². The lowest BCUT2D eigenvalue weighted by molar-refractivity contribution is 0.249. The van der Waals surface area contributed by atoms with Gasteiger partial charge in [0.05, 0.1) is 5.75 Å². The molecule has 0 aromatic rings. The highest BCUT2D eigenvalue weighted by Crippen LogP contribution is 2.16. The van der Waals surface area contributed by atoms with Crippen molar-refractivity contribution in [2.24, 2.45) is 0 Å². The van der Waals surface area contributed by atoms with Gasteiger partial charge < -0.3 is 5.11 Å². The van der Waals surface area contributed by atoms with Crippen molar-refractivity contribution in [3.05, 3.63) is 0 Å². The second-order valence-electron chi connectivity index (χ2n) is 1.96. The van der Waals surface area contributed by atoms with Crippen LogP contribution in [0.5, 0.6) is 0 Å². The van der Waals surface area contributed by atoms with Crippen LogP contribution in [0.1, 0.15) is 12.8 Å². The molecule has 48 valence electrons. The Kier molecular flexibility index (Phi) is 1.28. The van der Waals surface area contributed by atoms with E-state index in [0.717, 1.165) is 0 Å². The van der Waals surface area contributed by atoms with E-state index in [1.54, 1.807) is 0 Å². The van der Waals surface area contributed by atoms with Crippen LogP contribution in [-0.2, 0) is 9.84 Å². The molecule has 0 amide bonds. The normalized spacial score (nSPS) is 35.4. The summed E-state index contributed by atoms with van der Waals surface area (Å²) in [6.45, 7) is 0. The monoisotopic (exact) mass is 136 g/mol. The summed E-state index contributed by atoms with van der Waals surface area (Å²) in [7, 11) is -3.07. The van der Waals surface area contributed by atoms with Gasteiger partial charge in [0, 0.05) is 0 Å². The zero-order chi connectivity index (χ0) is 6.20. The van der Waals surface area contributed by atoms with E-state index in [9.17, 15) is 8.42 Å². The van der Waals surface area contributed by atoms with Crippen LogP contribution in [-0.4, -0.2) is 24.7 Å². The number of rotatable bonds is 0. The average Bonchev–Trinajstić information content (AvgIpc) is 1.86. The summed E-state index contributed by atoms with van der Waals surface area (Å²) in [4.78, 5) is 0. The van der Waals surface area contributed by atoms with Gasteiger partial charge in [-0.15, -0.1) is 0 Å². The number of aliphatic hydroxyl groups is 1. The van der Waals surface area contributed by atoms with E-state index in [1.165, 1.54) is 0 Å². The molecule has 1 N–H and O–H groups in total. The highest BCUT2D eigenvalue weighted by atomic mass is 32.2. The van der Waals surface area contributed by atoms with Crippen molar-refractivity contribution in [2.75, 3.05) is 5.75 Å². The summed E-state index contributed by atoms with van der Waals surface area (Å²) in [5.74, 6) is 0.161. The van der Waals surface area contributed by atoms with Gasteiger partial charge in [0.15, 0.2) is 15.3 Å². The van der Waals surface area contributed by atoms with Crippen molar-refractivity contribution in [1.82, 2.24) is 0 Å². The predicted octanol–water partition coefficient (Wildman–Crippen LogP) is -0.487. The first kappa shape index (κ1) is 6.04. The third-order valence-corrected chi connectivity index (χ3v) is 3.22. The lowest BCUT2D eigenvalue weighted by atomic mass is 10.4. The zero-order valence-corrected chi connectivity index (χ0v) is 5.19. The molecule has 1 rings (SSSR count). The maximum Gasteiger partial charge on any atom is 0.176 e. The van der Waals surface area contributed by atoms with E-state index >= 15 is 0 Å². The number of aliphatic hydroxyl groups excluding tert-OH is 1. The SMILES string of the molecule is O=S1(=O)CCCC1O. The molecule has 0 radical (unpaired) electrons. The minimum Gasteiger partial charge on any atom is -0.377 e. The molecule has 1 atom stereocenters. The zero-order valence-electron chi connectivity index (χ0n) is 4.37. The fourth-order valence-corrected chi connectivity index (χ4v) is 2.14. The molecule has 1 aliphatic rings. The number of sulfone groups is 1. The second kappa shape index (κ2) is 1.70. The Morgan fingerprint density at radius 2 is 2.12 bits per heavy atom. The van der Waals surface area contributed by atoms with E-state index in [0.29, 0.717) is 12.8 Å². The molecule has 0 saturated carbocycles. The molecule has 1 aliphatic heterocycles. The predicted molar refractivity (Wildman–Crippen MR) is 29.0 cm³/mol. The van der Waals surface area contributed by atoms with E-state index in [4.69, 9.17) is 5.11 Å². The molecule has 4 heteroatoms. The topological polar surface area (TPSA) is 54.4 Å². The van der Waals surface area contributed by atoms with E-state index in [-0.39, 0.29) is 5.75 Å². The Hall–Kier alpha value is -0.0900. The van der Waals surface area contributed by atoms with Crippen molar-refractivity contribution in [3.63, 3.8) is 0 Å². The van der Waals surface area contributed by atoms with Gasteiger partial charge in [-0.1, -0.05) is 0 Å². The van der Waals surface area contributed by atoms with Crippen LogP contribution in [0.2, 0.25) is 0 Å². The smallest absolute Gasteiger partial charge is 0.176 e. The van der Waals surface area contributed by atoms with Crippen LogP contribution in [0.25, 0.3) is 0 Å². The van der Waals surface area contributed by atoms with Crippen molar-refractivity contribution < 1.29 is 13.5 Å². The van der Waals surface area contributed by atoms with E-state index in [1.807, 2.05) is 0 Å². The minimum absolute atomic E-state index is 0.161. The molecule has 8 heavy (non-hydrogen) atoms. The summed E-state index contributed by atoms with van der Waals surface area (Å²) in [6.07, 6.45) is 1.03. The summed E-state index contributed by atoms with van der Waals surface area (Å²) < 4.78 is 21.0. The third kappa shape index (κ3) is 0.855. The van der Waals surface area contributed by atoms with Crippen LogP contribution in [0.3, 0.4) is 0 Å². The first-order valence-electron chi connectivity index (χ1n) is 2.52. The van der Waals surface area contributed by atoms with Gasteiger partial charge in [-0.3, -0.25) is 0 Å². The average molecular weight is 136 g/mol. The molecule has 0 spiro atoms. The highest BCUT2D eigenvalue weighted by molar-refractivity contribution is 7.92. The fourth-order valence-electron chi connectivity index (χ4n) is 0.775. The first-order valence-corrected chi connectivity index (χ1v) is 4.24. The lowest BCUT2D eigenvalue weighted by Gasteiger charge is -1.95. The quantitative estimate of drug-likeness (QED) is 0.489. The van der Waals surface area contributed by atoms with Crippen molar-refractivity contribution in [1.29, 1.82) is 0 Å². The highest BCUT2D eigenvalue weighted by Gasteiger charge is 2.28. The molecular weight excluding hydrogens is 128 g/mol. The molecule has 1 saturated heterocycles. The van der Waals surface area contributed by atoms with Gasteiger partial charge in [0.2, 0.25) is 0 Å². The maximum atomic E-state index is 10.5. The Morgan fingerprint density at radius 1 is 1.50 bits per heavy atom.